The number of aliphatic hydroxyl groups is 1. The Balaban J connectivity index is 2.34. The number of carbonyl (C=O) groups excluding carboxylic acids is 1. The third kappa shape index (κ3) is 4.69. The monoisotopic (exact) mass is 241 g/mol. The van der Waals surface area contributed by atoms with E-state index in [0.717, 1.165) is 0 Å². The molecule has 1 unspecified atom stereocenters. The van der Waals surface area contributed by atoms with Crippen LogP contribution in [0.15, 0.2) is 22.8 Å². The molecule has 6 heteroatoms. The minimum atomic E-state index is -1.15. The number of carboxylic acid groups (broad SMARTS) is 1. The van der Waals surface area contributed by atoms with Crippen molar-refractivity contribution in [1.82, 2.24) is 5.32 Å². The average molecular weight is 241 g/mol. The van der Waals surface area contributed by atoms with E-state index in [4.69, 9.17) is 14.6 Å². The lowest BCUT2D eigenvalue weighted by atomic mass is 10.2. The Bertz CT molecular complexity index is 360. The van der Waals surface area contributed by atoms with Gasteiger partial charge in [0.15, 0.2) is 0 Å². The fraction of sp³-hybridized carbons (Fsp3) is 0.455. The first-order chi connectivity index (χ1) is 8.13. The van der Waals surface area contributed by atoms with Crippen LogP contribution in [-0.2, 0) is 16.0 Å². The summed E-state index contributed by atoms with van der Waals surface area (Å²) in [7, 11) is 0. The average Bonchev–Trinajstić information content (AvgIpc) is 2.78. The van der Waals surface area contributed by atoms with Crippen molar-refractivity contribution >= 4 is 11.9 Å². The molecule has 0 radical (unpaired) electrons. The van der Waals surface area contributed by atoms with Crippen molar-refractivity contribution < 1.29 is 24.2 Å². The highest BCUT2D eigenvalue weighted by Gasteiger charge is 2.18. The van der Waals surface area contributed by atoms with Gasteiger partial charge in [-0.3, -0.25) is 4.79 Å². The molecule has 0 aromatic carbocycles. The van der Waals surface area contributed by atoms with Crippen LogP contribution in [0, 0.1) is 0 Å². The molecular weight excluding hydrogens is 226 g/mol. The van der Waals surface area contributed by atoms with Gasteiger partial charge in [0.25, 0.3) is 0 Å². The Morgan fingerprint density at radius 2 is 2.24 bits per heavy atom. The molecule has 0 spiro atoms. The number of hydrogen-bond donors (Lipinski definition) is 3. The first-order valence-electron chi connectivity index (χ1n) is 5.29. The van der Waals surface area contributed by atoms with Gasteiger partial charge in [-0.05, 0) is 12.1 Å². The number of hydrogen-bond acceptors (Lipinski definition) is 4. The van der Waals surface area contributed by atoms with Crippen molar-refractivity contribution in [3.05, 3.63) is 24.2 Å². The van der Waals surface area contributed by atoms with Gasteiger partial charge >= 0.3 is 5.97 Å². The zero-order chi connectivity index (χ0) is 12.7. The second-order valence-electron chi connectivity index (χ2n) is 3.55. The van der Waals surface area contributed by atoms with Crippen molar-refractivity contribution in [2.45, 2.75) is 25.3 Å². The second-order valence-corrected chi connectivity index (χ2v) is 3.55. The minimum absolute atomic E-state index is 0.00181. The zero-order valence-corrected chi connectivity index (χ0v) is 9.26. The van der Waals surface area contributed by atoms with Crippen LogP contribution in [0.2, 0.25) is 0 Å². The highest BCUT2D eigenvalue weighted by atomic mass is 16.4. The van der Waals surface area contributed by atoms with Gasteiger partial charge in [-0.1, -0.05) is 0 Å². The number of aliphatic hydroxyl groups excluding tert-OH is 1. The number of carboxylic acids is 1. The van der Waals surface area contributed by atoms with Crippen LogP contribution in [0.3, 0.4) is 0 Å². The molecule has 0 aliphatic rings. The van der Waals surface area contributed by atoms with E-state index in [2.05, 4.69) is 5.32 Å². The number of rotatable bonds is 7. The van der Waals surface area contributed by atoms with Gasteiger partial charge in [0.05, 0.1) is 6.26 Å². The Morgan fingerprint density at radius 3 is 2.76 bits per heavy atom. The Morgan fingerprint density at radius 1 is 1.47 bits per heavy atom. The molecule has 1 atom stereocenters. The maximum atomic E-state index is 11.4. The molecular formula is C11H15NO5. The van der Waals surface area contributed by atoms with E-state index in [0.29, 0.717) is 12.2 Å². The van der Waals surface area contributed by atoms with E-state index in [1.807, 2.05) is 0 Å². The number of nitrogens with one attached hydrogen (secondary N) is 1. The van der Waals surface area contributed by atoms with Gasteiger partial charge in [0.2, 0.25) is 5.91 Å². The van der Waals surface area contributed by atoms with Crippen molar-refractivity contribution in [1.29, 1.82) is 0 Å². The van der Waals surface area contributed by atoms with Gasteiger partial charge in [0, 0.05) is 25.9 Å². The molecule has 3 N–H and O–H groups in total. The fourth-order valence-electron chi connectivity index (χ4n) is 1.34. The SMILES string of the molecule is O=C(CCc1ccco1)NC(CCO)C(=O)O. The van der Waals surface area contributed by atoms with Gasteiger partial charge in [0.1, 0.15) is 11.8 Å². The smallest absolute Gasteiger partial charge is 0.326 e. The summed E-state index contributed by atoms with van der Waals surface area (Å²) in [4.78, 5) is 22.1. The summed E-state index contributed by atoms with van der Waals surface area (Å²) in [5.74, 6) is -0.846. The molecule has 0 saturated heterocycles. The predicted molar refractivity (Wildman–Crippen MR) is 58.3 cm³/mol. The number of aliphatic carboxylic acids is 1. The number of carbonyl (C=O) groups is 2. The number of aryl methyl sites for hydroxylation is 1. The van der Waals surface area contributed by atoms with Gasteiger partial charge in [-0.2, -0.15) is 0 Å². The van der Waals surface area contributed by atoms with E-state index in [9.17, 15) is 9.59 Å². The summed E-state index contributed by atoms with van der Waals surface area (Å²) in [5.41, 5.74) is 0. The predicted octanol–water partition coefficient (Wildman–Crippen LogP) is 0.164. The maximum Gasteiger partial charge on any atom is 0.326 e. The van der Waals surface area contributed by atoms with E-state index in [1.54, 1.807) is 12.1 Å². The summed E-state index contributed by atoms with van der Waals surface area (Å²) in [6.45, 7) is -0.282. The molecule has 1 amide bonds. The highest BCUT2D eigenvalue weighted by molar-refractivity contribution is 5.83. The molecule has 0 aliphatic heterocycles. The van der Waals surface area contributed by atoms with E-state index >= 15 is 0 Å². The minimum Gasteiger partial charge on any atom is -0.480 e. The third-order valence-electron chi connectivity index (χ3n) is 2.23. The Kier molecular flexibility index (Phi) is 5.22. The van der Waals surface area contributed by atoms with E-state index < -0.39 is 12.0 Å². The lowest BCUT2D eigenvalue weighted by Crippen LogP contribution is -2.41. The molecule has 1 aromatic heterocycles. The molecule has 17 heavy (non-hydrogen) atoms. The maximum absolute atomic E-state index is 11.4. The van der Waals surface area contributed by atoms with Crippen LogP contribution >= 0.6 is 0 Å². The fourth-order valence-corrected chi connectivity index (χ4v) is 1.34. The zero-order valence-electron chi connectivity index (χ0n) is 9.26. The van der Waals surface area contributed by atoms with Crippen molar-refractivity contribution in [2.75, 3.05) is 6.61 Å². The largest absolute Gasteiger partial charge is 0.480 e. The van der Waals surface area contributed by atoms with E-state index in [-0.39, 0.29) is 25.4 Å². The second kappa shape index (κ2) is 6.70. The summed E-state index contributed by atoms with van der Waals surface area (Å²) in [5, 5.41) is 19.7. The van der Waals surface area contributed by atoms with E-state index in [1.165, 1.54) is 6.26 Å². The van der Waals surface area contributed by atoms with Gasteiger partial charge in [-0.25, -0.2) is 4.79 Å². The lowest BCUT2D eigenvalue weighted by molar-refractivity contribution is -0.142. The summed E-state index contributed by atoms with van der Waals surface area (Å²) in [6, 6.07) is 2.43. The number of amides is 1. The molecule has 0 saturated carbocycles. The van der Waals surface area contributed by atoms with Crippen molar-refractivity contribution in [2.24, 2.45) is 0 Å². The van der Waals surface area contributed by atoms with Crippen LogP contribution < -0.4 is 5.32 Å². The van der Waals surface area contributed by atoms with Crippen LogP contribution in [0.5, 0.6) is 0 Å². The molecule has 1 aromatic rings. The summed E-state index contributed by atoms with van der Waals surface area (Å²) >= 11 is 0. The Hall–Kier alpha value is -1.82. The quantitative estimate of drug-likeness (QED) is 0.631. The van der Waals surface area contributed by atoms with Crippen LogP contribution in [0.4, 0.5) is 0 Å². The van der Waals surface area contributed by atoms with Crippen LogP contribution in [-0.4, -0.2) is 34.7 Å². The standard InChI is InChI=1S/C11H15NO5/c13-6-5-9(11(15)16)12-10(14)4-3-8-2-1-7-17-8/h1-2,7,9,13H,3-6H2,(H,12,14)(H,15,16). The first-order valence-corrected chi connectivity index (χ1v) is 5.29. The summed E-state index contributed by atoms with van der Waals surface area (Å²) < 4.78 is 5.05. The molecule has 6 nitrogen and oxygen atoms in total. The topological polar surface area (TPSA) is 99.8 Å². The molecule has 1 heterocycles. The molecule has 0 aliphatic carbocycles. The molecule has 94 valence electrons. The molecule has 1 rings (SSSR count). The first kappa shape index (κ1) is 13.2. The van der Waals surface area contributed by atoms with Crippen molar-refractivity contribution in [3.8, 4) is 0 Å². The Labute approximate surface area is 98.2 Å². The third-order valence-corrected chi connectivity index (χ3v) is 2.23. The summed E-state index contributed by atoms with van der Waals surface area (Å²) in [6.07, 6.45) is 2.09. The van der Waals surface area contributed by atoms with Gasteiger partial charge < -0.3 is 19.9 Å². The normalized spacial score (nSPS) is 12.1. The van der Waals surface area contributed by atoms with Crippen molar-refractivity contribution in [3.63, 3.8) is 0 Å². The van der Waals surface area contributed by atoms with Gasteiger partial charge in [-0.15, -0.1) is 0 Å². The molecule has 0 fully saturated rings. The molecule has 0 bridgehead atoms. The van der Waals surface area contributed by atoms with Crippen LogP contribution in [0.25, 0.3) is 0 Å². The number of furan rings is 1. The highest BCUT2D eigenvalue weighted by Crippen LogP contribution is 2.03. The lowest BCUT2D eigenvalue weighted by Gasteiger charge is -2.12. The van der Waals surface area contributed by atoms with Crippen LogP contribution in [0.1, 0.15) is 18.6 Å².